The quantitative estimate of drug-likeness (QED) is 0.846. The van der Waals surface area contributed by atoms with E-state index in [1.54, 1.807) is 0 Å². The Labute approximate surface area is 121 Å². The second kappa shape index (κ2) is 5.47. The molecule has 2 N–H and O–H groups in total. The van der Waals surface area contributed by atoms with Crippen LogP contribution in [0.25, 0.3) is 11.8 Å². The van der Waals surface area contributed by atoms with Gasteiger partial charge in [0.15, 0.2) is 0 Å². The number of hydrogen-bond acceptors (Lipinski definition) is 2. The van der Waals surface area contributed by atoms with Gasteiger partial charge in [-0.15, -0.1) is 0 Å². The van der Waals surface area contributed by atoms with E-state index in [0.29, 0.717) is 0 Å². The van der Waals surface area contributed by atoms with E-state index < -0.39 is 10.7 Å². The van der Waals surface area contributed by atoms with Gasteiger partial charge in [0.25, 0.3) is 0 Å². The Morgan fingerprint density at radius 1 is 1.00 bits per heavy atom. The highest BCUT2D eigenvalue weighted by molar-refractivity contribution is 7.93. The predicted octanol–water partition coefficient (Wildman–Crippen LogP) is 4.28. The summed E-state index contributed by atoms with van der Waals surface area (Å²) < 4.78 is 8.18. The van der Waals surface area contributed by atoms with Crippen LogP contribution in [0.1, 0.15) is 16.7 Å². The highest BCUT2D eigenvalue weighted by Crippen LogP contribution is 2.24. The number of hydrogen-bond donors (Lipinski definition) is 2. The Hall–Kier alpha value is -2.13. The maximum Gasteiger partial charge on any atom is 0.0880 e. The summed E-state index contributed by atoms with van der Waals surface area (Å²) in [7, 11) is -0.609. The highest BCUT2D eigenvalue weighted by Gasteiger charge is 2.14. The van der Waals surface area contributed by atoms with Gasteiger partial charge >= 0.3 is 0 Å². The molecule has 2 nitrogen and oxygen atoms in total. The van der Waals surface area contributed by atoms with Crippen LogP contribution in [0, 0.1) is 11.7 Å². The summed E-state index contributed by atoms with van der Waals surface area (Å²) in [6.45, 7) is 2.08. The highest BCUT2D eigenvalue weighted by atomic mass is 32.2. The molecule has 0 aliphatic carbocycles. The Morgan fingerprint density at radius 3 is 2.40 bits per heavy atom. The Balaban J connectivity index is 1.86. The first-order valence-corrected chi connectivity index (χ1v) is 7.78. The SMILES string of the molecule is Cc1ccc(C2=CS(=N)C(=Cc3ccccc3)N2)cc1. The van der Waals surface area contributed by atoms with Crippen LogP contribution in [-0.2, 0) is 10.7 Å². The number of benzene rings is 2. The zero-order valence-electron chi connectivity index (χ0n) is 11.3. The zero-order valence-corrected chi connectivity index (χ0v) is 12.1. The Bertz CT molecular complexity index is 698. The van der Waals surface area contributed by atoms with Crippen molar-refractivity contribution < 1.29 is 0 Å². The summed E-state index contributed by atoms with van der Waals surface area (Å²) in [4.78, 5) is 0. The van der Waals surface area contributed by atoms with Crippen molar-refractivity contribution in [1.82, 2.24) is 5.32 Å². The van der Waals surface area contributed by atoms with Crippen LogP contribution in [0.4, 0.5) is 0 Å². The van der Waals surface area contributed by atoms with Crippen molar-refractivity contribution in [2.75, 3.05) is 0 Å². The van der Waals surface area contributed by atoms with E-state index in [-0.39, 0.29) is 0 Å². The molecule has 3 rings (SSSR count). The van der Waals surface area contributed by atoms with E-state index in [2.05, 4.69) is 48.6 Å². The Morgan fingerprint density at radius 2 is 1.70 bits per heavy atom. The smallest absolute Gasteiger partial charge is 0.0880 e. The van der Waals surface area contributed by atoms with Gasteiger partial charge in [0.2, 0.25) is 0 Å². The first-order valence-electron chi connectivity index (χ1n) is 6.49. The Kier molecular flexibility index (Phi) is 3.52. The molecule has 2 aromatic carbocycles. The molecule has 0 bridgehead atoms. The molecule has 0 saturated carbocycles. The molecule has 0 amide bonds. The second-order valence-corrected chi connectivity index (χ2v) is 6.13. The van der Waals surface area contributed by atoms with E-state index in [0.717, 1.165) is 21.9 Å². The molecular weight excluding hydrogens is 264 g/mol. The molecule has 100 valence electrons. The normalized spacial score (nSPS) is 19.8. The van der Waals surface area contributed by atoms with Gasteiger partial charge in [-0.1, -0.05) is 60.2 Å². The summed E-state index contributed by atoms with van der Waals surface area (Å²) in [6, 6.07) is 18.5. The molecule has 0 fully saturated rings. The summed E-state index contributed by atoms with van der Waals surface area (Å²) in [5.74, 6) is 0. The van der Waals surface area contributed by atoms with E-state index in [1.165, 1.54) is 5.56 Å². The molecule has 1 atom stereocenters. The zero-order chi connectivity index (χ0) is 13.9. The molecule has 1 unspecified atom stereocenters. The third kappa shape index (κ3) is 2.73. The summed E-state index contributed by atoms with van der Waals surface area (Å²) in [5.41, 5.74) is 4.54. The fraction of sp³-hybridized carbons (Fsp3) is 0.0588. The van der Waals surface area contributed by atoms with E-state index in [1.807, 2.05) is 29.7 Å². The van der Waals surface area contributed by atoms with Gasteiger partial charge in [-0.2, -0.15) is 0 Å². The van der Waals surface area contributed by atoms with Crippen LogP contribution in [-0.4, -0.2) is 0 Å². The third-order valence-electron chi connectivity index (χ3n) is 3.19. The lowest BCUT2D eigenvalue weighted by Crippen LogP contribution is -2.06. The summed E-state index contributed by atoms with van der Waals surface area (Å²) in [6.07, 6.45) is 2.05. The molecule has 0 radical (unpaired) electrons. The van der Waals surface area contributed by atoms with Crippen molar-refractivity contribution in [3.05, 3.63) is 81.7 Å². The fourth-order valence-electron chi connectivity index (χ4n) is 2.07. The van der Waals surface area contributed by atoms with Crippen LogP contribution in [0.2, 0.25) is 0 Å². The molecule has 0 saturated heterocycles. The van der Waals surface area contributed by atoms with Crippen LogP contribution < -0.4 is 5.32 Å². The molecule has 3 heteroatoms. The average molecular weight is 280 g/mol. The molecule has 0 spiro atoms. The van der Waals surface area contributed by atoms with Gasteiger partial charge in [0.05, 0.1) is 10.7 Å². The van der Waals surface area contributed by atoms with E-state index in [9.17, 15) is 0 Å². The number of aryl methyl sites for hydroxylation is 1. The second-order valence-electron chi connectivity index (χ2n) is 4.78. The molecule has 2 aromatic rings. The van der Waals surface area contributed by atoms with E-state index in [4.69, 9.17) is 4.78 Å². The maximum absolute atomic E-state index is 8.18. The first-order chi connectivity index (χ1) is 9.72. The van der Waals surface area contributed by atoms with Crippen LogP contribution >= 0.6 is 0 Å². The monoisotopic (exact) mass is 280 g/mol. The molecule has 0 aromatic heterocycles. The van der Waals surface area contributed by atoms with Crippen LogP contribution in [0.5, 0.6) is 0 Å². The molecule has 20 heavy (non-hydrogen) atoms. The maximum atomic E-state index is 8.18. The largest absolute Gasteiger partial charge is 0.348 e. The lowest BCUT2D eigenvalue weighted by atomic mass is 10.1. The van der Waals surface area contributed by atoms with Gasteiger partial charge in [-0.3, -0.25) is 4.78 Å². The minimum Gasteiger partial charge on any atom is -0.348 e. The van der Waals surface area contributed by atoms with Gasteiger partial charge in [0, 0.05) is 5.41 Å². The lowest BCUT2D eigenvalue weighted by molar-refractivity contribution is 1.21. The minimum atomic E-state index is -0.609. The molecule has 1 aliphatic heterocycles. The van der Waals surface area contributed by atoms with Gasteiger partial charge in [-0.25, -0.2) is 0 Å². The van der Waals surface area contributed by atoms with Gasteiger partial charge in [-0.05, 0) is 34.8 Å². The van der Waals surface area contributed by atoms with Gasteiger partial charge < -0.3 is 5.32 Å². The van der Waals surface area contributed by atoms with Crippen molar-refractivity contribution in [1.29, 1.82) is 4.78 Å². The van der Waals surface area contributed by atoms with Crippen LogP contribution in [0.3, 0.4) is 0 Å². The van der Waals surface area contributed by atoms with Crippen molar-refractivity contribution in [2.45, 2.75) is 6.92 Å². The standard InChI is InChI=1S/C17H16N2S/c1-13-7-9-15(10-8-13)16-12-20(18)17(19-16)11-14-5-3-2-4-6-14/h2-12,18-19H,1H3. The number of rotatable bonds is 2. The van der Waals surface area contributed by atoms with Gasteiger partial charge in [0.1, 0.15) is 0 Å². The first kappa shape index (κ1) is 12.9. The minimum absolute atomic E-state index is 0.609. The predicted molar refractivity (Wildman–Crippen MR) is 86.8 cm³/mol. The molecule has 1 aliphatic rings. The van der Waals surface area contributed by atoms with Crippen molar-refractivity contribution in [2.24, 2.45) is 0 Å². The van der Waals surface area contributed by atoms with Crippen molar-refractivity contribution in [3.63, 3.8) is 0 Å². The number of nitrogens with one attached hydrogen (secondary N) is 2. The van der Waals surface area contributed by atoms with Crippen molar-refractivity contribution >= 4 is 22.5 Å². The van der Waals surface area contributed by atoms with Crippen molar-refractivity contribution in [3.8, 4) is 0 Å². The molecule has 1 heterocycles. The summed E-state index contributed by atoms with van der Waals surface area (Å²) >= 11 is 0. The topological polar surface area (TPSA) is 35.9 Å². The summed E-state index contributed by atoms with van der Waals surface area (Å²) in [5, 5.41) is 6.31. The molecular formula is C17H16N2S. The average Bonchev–Trinajstić information content (AvgIpc) is 2.82. The fourth-order valence-corrected chi connectivity index (χ4v) is 3.11. The van der Waals surface area contributed by atoms with E-state index >= 15 is 0 Å². The lowest BCUT2D eigenvalue weighted by Gasteiger charge is -2.06. The third-order valence-corrected chi connectivity index (χ3v) is 4.36. The van der Waals surface area contributed by atoms with Crippen LogP contribution in [0.15, 0.2) is 65.0 Å².